The molecule has 2 rings (SSSR count). The van der Waals surface area contributed by atoms with Crippen molar-refractivity contribution in [3.05, 3.63) is 24.3 Å². The highest BCUT2D eigenvalue weighted by Crippen LogP contribution is 2.24. The second-order valence-electron chi connectivity index (χ2n) is 5.60. The number of rotatable bonds is 4. The predicted molar refractivity (Wildman–Crippen MR) is 81.6 cm³/mol. The van der Waals surface area contributed by atoms with Gasteiger partial charge in [-0.25, -0.2) is 0 Å². The third kappa shape index (κ3) is 3.92. The van der Waals surface area contributed by atoms with Crippen LogP contribution in [0.2, 0.25) is 0 Å². The average Bonchev–Trinajstić information content (AvgIpc) is 2.31. The van der Waals surface area contributed by atoms with Crippen molar-refractivity contribution in [2.45, 2.75) is 50.1 Å². The van der Waals surface area contributed by atoms with Crippen LogP contribution in [-0.4, -0.2) is 23.9 Å². The number of thioether (sulfide) groups is 1. The fourth-order valence-corrected chi connectivity index (χ4v) is 3.21. The highest BCUT2D eigenvalue weighted by molar-refractivity contribution is 7.99. The Bertz CT molecular complexity index is 373. The number of piperidine rings is 1. The number of anilines is 1. The highest BCUT2D eigenvalue weighted by atomic mass is 32.2. The lowest BCUT2D eigenvalue weighted by Crippen LogP contribution is -2.49. The summed E-state index contributed by atoms with van der Waals surface area (Å²) in [5, 5.41) is 7.21. The third-order valence-electron chi connectivity index (χ3n) is 3.39. The van der Waals surface area contributed by atoms with Crippen molar-refractivity contribution >= 4 is 17.4 Å². The molecule has 0 saturated carbocycles. The van der Waals surface area contributed by atoms with E-state index in [2.05, 4.69) is 55.7 Å². The van der Waals surface area contributed by atoms with Gasteiger partial charge in [-0.15, -0.1) is 11.8 Å². The van der Waals surface area contributed by atoms with E-state index in [0.717, 1.165) is 12.3 Å². The van der Waals surface area contributed by atoms with Crippen LogP contribution in [0.15, 0.2) is 29.2 Å². The van der Waals surface area contributed by atoms with Gasteiger partial charge in [0.25, 0.3) is 0 Å². The molecule has 1 fully saturated rings. The molecule has 1 atom stereocenters. The fraction of sp³-hybridized carbons (Fsp3) is 0.600. The van der Waals surface area contributed by atoms with Crippen molar-refractivity contribution < 1.29 is 0 Å². The smallest absolute Gasteiger partial charge is 0.0343 e. The second-order valence-corrected chi connectivity index (χ2v) is 6.94. The van der Waals surface area contributed by atoms with Gasteiger partial charge in [-0.05, 0) is 63.3 Å². The van der Waals surface area contributed by atoms with Gasteiger partial charge < -0.3 is 10.6 Å². The molecule has 2 nitrogen and oxygen atoms in total. The van der Waals surface area contributed by atoms with Gasteiger partial charge in [-0.2, -0.15) is 0 Å². The van der Waals surface area contributed by atoms with E-state index in [1.807, 2.05) is 11.8 Å². The first-order chi connectivity index (χ1) is 8.59. The first kappa shape index (κ1) is 13.8. The fourth-order valence-electron chi connectivity index (χ4n) is 2.55. The SMILES string of the molecule is CCSc1ccc(NC2CCNC(C)(C)C2)cc1. The maximum atomic E-state index is 3.66. The van der Waals surface area contributed by atoms with E-state index in [1.165, 1.54) is 23.4 Å². The Kier molecular flexibility index (Phi) is 4.57. The van der Waals surface area contributed by atoms with Crippen LogP contribution in [0.25, 0.3) is 0 Å². The van der Waals surface area contributed by atoms with E-state index >= 15 is 0 Å². The van der Waals surface area contributed by atoms with Crippen molar-refractivity contribution in [2.24, 2.45) is 0 Å². The van der Waals surface area contributed by atoms with Gasteiger partial charge in [0, 0.05) is 22.2 Å². The van der Waals surface area contributed by atoms with Crippen LogP contribution in [0.1, 0.15) is 33.6 Å². The van der Waals surface area contributed by atoms with E-state index < -0.39 is 0 Å². The number of hydrogen-bond donors (Lipinski definition) is 2. The van der Waals surface area contributed by atoms with Gasteiger partial charge in [0.05, 0.1) is 0 Å². The zero-order chi connectivity index (χ0) is 13.0. The molecule has 1 unspecified atom stereocenters. The first-order valence-corrected chi connectivity index (χ1v) is 7.82. The standard InChI is InChI=1S/C15H24N2S/c1-4-18-14-7-5-12(6-8-14)17-13-9-10-16-15(2,3)11-13/h5-8,13,16-17H,4,9-11H2,1-3H3. The van der Waals surface area contributed by atoms with Gasteiger partial charge in [0.1, 0.15) is 0 Å². The van der Waals surface area contributed by atoms with Crippen molar-refractivity contribution in [1.82, 2.24) is 5.32 Å². The molecule has 0 aromatic heterocycles. The van der Waals surface area contributed by atoms with Gasteiger partial charge in [-0.1, -0.05) is 6.92 Å². The summed E-state index contributed by atoms with van der Waals surface area (Å²) in [6.07, 6.45) is 2.38. The Morgan fingerprint density at radius 2 is 2.06 bits per heavy atom. The summed E-state index contributed by atoms with van der Waals surface area (Å²) in [6.45, 7) is 7.85. The lowest BCUT2D eigenvalue weighted by Gasteiger charge is -2.37. The van der Waals surface area contributed by atoms with Crippen LogP contribution in [0.3, 0.4) is 0 Å². The Labute approximate surface area is 115 Å². The molecule has 0 amide bonds. The Morgan fingerprint density at radius 1 is 1.33 bits per heavy atom. The lowest BCUT2D eigenvalue weighted by molar-refractivity contribution is 0.286. The van der Waals surface area contributed by atoms with E-state index in [0.29, 0.717) is 6.04 Å². The van der Waals surface area contributed by atoms with Gasteiger partial charge in [0.15, 0.2) is 0 Å². The van der Waals surface area contributed by atoms with Crippen molar-refractivity contribution in [1.29, 1.82) is 0 Å². The number of benzene rings is 1. The largest absolute Gasteiger partial charge is 0.382 e. The summed E-state index contributed by atoms with van der Waals surface area (Å²) in [6, 6.07) is 9.41. The number of hydrogen-bond acceptors (Lipinski definition) is 3. The molecule has 1 aliphatic heterocycles. The van der Waals surface area contributed by atoms with Gasteiger partial charge >= 0.3 is 0 Å². The second kappa shape index (κ2) is 5.98. The molecule has 1 aromatic carbocycles. The molecule has 100 valence electrons. The molecule has 1 heterocycles. The Morgan fingerprint density at radius 3 is 2.67 bits per heavy atom. The summed E-state index contributed by atoms with van der Waals surface area (Å²) >= 11 is 1.89. The molecular formula is C15H24N2S. The molecule has 0 aliphatic carbocycles. The maximum Gasteiger partial charge on any atom is 0.0343 e. The van der Waals surface area contributed by atoms with Crippen LogP contribution in [-0.2, 0) is 0 Å². The first-order valence-electron chi connectivity index (χ1n) is 6.83. The Balaban J connectivity index is 1.92. The van der Waals surface area contributed by atoms with Crippen LogP contribution in [0, 0.1) is 0 Å². The topological polar surface area (TPSA) is 24.1 Å². The molecule has 1 aliphatic rings. The quantitative estimate of drug-likeness (QED) is 0.810. The monoisotopic (exact) mass is 264 g/mol. The van der Waals surface area contributed by atoms with Gasteiger partial charge in [0.2, 0.25) is 0 Å². The minimum Gasteiger partial charge on any atom is -0.382 e. The maximum absolute atomic E-state index is 3.66. The normalized spacial score (nSPS) is 22.7. The van der Waals surface area contributed by atoms with Crippen LogP contribution < -0.4 is 10.6 Å². The number of nitrogens with one attached hydrogen (secondary N) is 2. The molecule has 1 saturated heterocycles. The molecule has 0 bridgehead atoms. The summed E-state index contributed by atoms with van der Waals surface area (Å²) in [4.78, 5) is 1.36. The molecule has 3 heteroatoms. The summed E-state index contributed by atoms with van der Waals surface area (Å²) < 4.78 is 0. The minimum absolute atomic E-state index is 0.258. The lowest BCUT2D eigenvalue weighted by atomic mass is 9.89. The molecule has 2 N–H and O–H groups in total. The Hall–Kier alpha value is -0.670. The summed E-state index contributed by atoms with van der Waals surface area (Å²) in [5.74, 6) is 1.13. The average molecular weight is 264 g/mol. The minimum atomic E-state index is 0.258. The predicted octanol–water partition coefficient (Wildman–Crippen LogP) is 3.74. The zero-order valence-electron chi connectivity index (χ0n) is 11.6. The van der Waals surface area contributed by atoms with Crippen molar-refractivity contribution in [3.8, 4) is 0 Å². The summed E-state index contributed by atoms with van der Waals surface area (Å²) in [7, 11) is 0. The highest BCUT2D eigenvalue weighted by Gasteiger charge is 2.27. The van der Waals surface area contributed by atoms with E-state index in [4.69, 9.17) is 0 Å². The molecule has 1 aromatic rings. The third-order valence-corrected chi connectivity index (χ3v) is 4.28. The summed E-state index contributed by atoms with van der Waals surface area (Å²) in [5.41, 5.74) is 1.51. The molecule has 0 radical (unpaired) electrons. The van der Waals surface area contributed by atoms with Crippen LogP contribution in [0.4, 0.5) is 5.69 Å². The van der Waals surface area contributed by atoms with Crippen molar-refractivity contribution in [2.75, 3.05) is 17.6 Å². The van der Waals surface area contributed by atoms with Gasteiger partial charge in [-0.3, -0.25) is 0 Å². The van der Waals surface area contributed by atoms with E-state index in [9.17, 15) is 0 Å². The van der Waals surface area contributed by atoms with E-state index in [1.54, 1.807) is 0 Å². The van der Waals surface area contributed by atoms with Crippen LogP contribution in [0.5, 0.6) is 0 Å². The molecule has 18 heavy (non-hydrogen) atoms. The zero-order valence-corrected chi connectivity index (χ0v) is 12.4. The van der Waals surface area contributed by atoms with E-state index in [-0.39, 0.29) is 5.54 Å². The molecule has 0 spiro atoms. The van der Waals surface area contributed by atoms with Crippen molar-refractivity contribution in [3.63, 3.8) is 0 Å². The van der Waals surface area contributed by atoms with Crippen LogP contribution >= 0.6 is 11.8 Å². The molecular weight excluding hydrogens is 240 g/mol.